The number of aromatic nitrogens is 2. The van der Waals surface area contributed by atoms with Crippen LogP contribution in [0.2, 0.25) is 0 Å². The zero-order chi connectivity index (χ0) is 9.14. The lowest BCUT2D eigenvalue weighted by Crippen LogP contribution is -2.15. The molecule has 0 aliphatic carbocycles. The molecular weight excluding hydrogens is 290 g/mol. The van der Waals surface area contributed by atoms with E-state index in [1.54, 1.807) is 0 Å². The number of nitrogens with zero attached hydrogens (tertiary/aromatic N) is 2. The molecule has 0 saturated heterocycles. The Kier molecular flexibility index (Phi) is 3.16. The number of halogens is 2. The molecule has 6 heteroatoms. The van der Waals surface area contributed by atoms with Crippen LogP contribution in [-0.2, 0) is 11.2 Å². The zero-order valence-electron chi connectivity index (χ0n) is 5.92. The van der Waals surface area contributed by atoms with Crippen molar-refractivity contribution in [3.05, 3.63) is 21.1 Å². The van der Waals surface area contributed by atoms with Gasteiger partial charge in [0.05, 0.1) is 18.3 Å². The Bertz CT molecular complexity index is 316. The standard InChI is InChI=1S/C6H5Br2N3O/c7-4-2-10-3(1-5(9)12)6(8)11-4/h2H,1H2,(H2,9,12). The van der Waals surface area contributed by atoms with Crippen molar-refractivity contribution in [3.63, 3.8) is 0 Å². The van der Waals surface area contributed by atoms with Crippen molar-refractivity contribution in [2.75, 3.05) is 0 Å². The quantitative estimate of drug-likeness (QED) is 0.886. The summed E-state index contributed by atoms with van der Waals surface area (Å²) in [6, 6.07) is 0. The highest BCUT2D eigenvalue weighted by atomic mass is 79.9. The van der Waals surface area contributed by atoms with Gasteiger partial charge in [0, 0.05) is 0 Å². The fourth-order valence-corrected chi connectivity index (χ4v) is 1.61. The molecule has 1 amide bonds. The third-order valence-electron chi connectivity index (χ3n) is 1.11. The maximum absolute atomic E-state index is 10.5. The number of rotatable bonds is 2. The topological polar surface area (TPSA) is 68.9 Å². The lowest BCUT2D eigenvalue weighted by atomic mass is 10.3. The van der Waals surface area contributed by atoms with E-state index < -0.39 is 5.91 Å². The van der Waals surface area contributed by atoms with Gasteiger partial charge in [-0.25, -0.2) is 4.98 Å². The Balaban J connectivity index is 2.93. The van der Waals surface area contributed by atoms with Gasteiger partial charge in [0.2, 0.25) is 5.91 Å². The van der Waals surface area contributed by atoms with Gasteiger partial charge in [0.15, 0.2) is 0 Å². The van der Waals surface area contributed by atoms with E-state index in [1.807, 2.05) is 0 Å². The van der Waals surface area contributed by atoms with Crippen LogP contribution in [0.3, 0.4) is 0 Å². The minimum atomic E-state index is -0.424. The van der Waals surface area contributed by atoms with Crippen molar-refractivity contribution in [2.24, 2.45) is 5.73 Å². The number of amides is 1. The van der Waals surface area contributed by atoms with Gasteiger partial charge in [0.25, 0.3) is 0 Å². The highest BCUT2D eigenvalue weighted by Gasteiger charge is 2.06. The highest BCUT2D eigenvalue weighted by Crippen LogP contribution is 2.14. The average molecular weight is 295 g/mol. The lowest BCUT2D eigenvalue weighted by Gasteiger charge is -1.99. The molecule has 0 spiro atoms. The van der Waals surface area contributed by atoms with Crippen LogP contribution in [0, 0.1) is 0 Å². The molecule has 0 radical (unpaired) electrons. The van der Waals surface area contributed by atoms with E-state index in [-0.39, 0.29) is 6.42 Å². The van der Waals surface area contributed by atoms with Crippen molar-refractivity contribution in [1.29, 1.82) is 0 Å². The van der Waals surface area contributed by atoms with Crippen LogP contribution in [0.25, 0.3) is 0 Å². The lowest BCUT2D eigenvalue weighted by molar-refractivity contribution is -0.117. The fourth-order valence-electron chi connectivity index (χ4n) is 0.655. The van der Waals surface area contributed by atoms with Crippen molar-refractivity contribution in [1.82, 2.24) is 9.97 Å². The number of hydrogen-bond acceptors (Lipinski definition) is 3. The van der Waals surface area contributed by atoms with Crippen LogP contribution in [0.5, 0.6) is 0 Å². The SMILES string of the molecule is NC(=O)Cc1ncc(Br)nc1Br. The molecule has 0 aliphatic rings. The minimum Gasteiger partial charge on any atom is -0.369 e. The first kappa shape index (κ1) is 9.60. The second kappa shape index (κ2) is 3.95. The molecule has 64 valence electrons. The van der Waals surface area contributed by atoms with Crippen LogP contribution in [0.1, 0.15) is 5.69 Å². The molecule has 1 aromatic heterocycles. The van der Waals surface area contributed by atoms with E-state index in [0.29, 0.717) is 14.9 Å². The molecule has 12 heavy (non-hydrogen) atoms. The van der Waals surface area contributed by atoms with Gasteiger partial charge in [-0.2, -0.15) is 0 Å². The van der Waals surface area contributed by atoms with E-state index in [1.165, 1.54) is 6.20 Å². The molecule has 1 aromatic rings. The second-order valence-corrected chi connectivity index (χ2v) is 3.64. The van der Waals surface area contributed by atoms with Gasteiger partial charge in [-0.1, -0.05) is 0 Å². The maximum atomic E-state index is 10.5. The number of carbonyl (C=O) groups is 1. The normalized spacial score (nSPS) is 9.83. The molecule has 4 nitrogen and oxygen atoms in total. The monoisotopic (exact) mass is 293 g/mol. The zero-order valence-corrected chi connectivity index (χ0v) is 9.09. The number of primary amides is 1. The minimum absolute atomic E-state index is 0.0981. The number of hydrogen-bond donors (Lipinski definition) is 1. The molecule has 0 saturated carbocycles. The summed E-state index contributed by atoms with van der Waals surface area (Å²) in [5, 5.41) is 0. The predicted octanol–water partition coefficient (Wildman–Crippen LogP) is 1.03. The second-order valence-electron chi connectivity index (χ2n) is 2.07. The van der Waals surface area contributed by atoms with Gasteiger partial charge < -0.3 is 5.73 Å². The maximum Gasteiger partial charge on any atom is 0.223 e. The summed E-state index contributed by atoms with van der Waals surface area (Å²) in [5.41, 5.74) is 5.54. The summed E-state index contributed by atoms with van der Waals surface area (Å²) in [5.74, 6) is -0.424. The molecular formula is C6H5Br2N3O. The number of nitrogens with two attached hydrogens (primary N) is 1. The molecule has 1 heterocycles. The average Bonchev–Trinajstić information content (AvgIpc) is 1.94. The highest BCUT2D eigenvalue weighted by molar-refractivity contribution is 9.11. The summed E-state index contributed by atoms with van der Waals surface area (Å²) in [6.45, 7) is 0. The van der Waals surface area contributed by atoms with E-state index >= 15 is 0 Å². The van der Waals surface area contributed by atoms with Gasteiger partial charge in [0.1, 0.15) is 9.21 Å². The van der Waals surface area contributed by atoms with Crippen LogP contribution >= 0.6 is 31.9 Å². The van der Waals surface area contributed by atoms with Gasteiger partial charge >= 0.3 is 0 Å². The summed E-state index contributed by atoms with van der Waals surface area (Å²) in [6.07, 6.45) is 1.61. The molecule has 0 bridgehead atoms. The summed E-state index contributed by atoms with van der Waals surface area (Å²) in [7, 11) is 0. The third-order valence-corrected chi connectivity index (χ3v) is 2.13. The fraction of sp³-hybridized carbons (Fsp3) is 0.167. The van der Waals surface area contributed by atoms with E-state index in [9.17, 15) is 4.79 Å². The van der Waals surface area contributed by atoms with Crippen molar-refractivity contribution < 1.29 is 4.79 Å². The smallest absolute Gasteiger partial charge is 0.223 e. The van der Waals surface area contributed by atoms with Crippen LogP contribution < -0.4 is 5.73 Å². The summed E-state index contributed by atoms with van der Waals surface area (Å²) < 4.78 is 1.15. The Morgan fingerprint density at radius 1 is 1.58 bits per heavy atom. The molecule has 0 fully saturated rings. The van der Waals surface area contributed by atoms with E-state index in [2.05, 4.69) is 41.8 Å². The first-order valence-corrected chi connectivity index (χ1v) is 4.63. The van der Waals surface area contributed by atoms with E-state index in [0.717, 1.165) is 0 Å². The van der Waals surface area contributed by atoms with Crippen LogP contribution in [0.4, 0.5) is 0 Å². The van der Waals surface area contributed by atoms with Crippen LogP contribution in [-0.4, -0.2) is 15.9 Å². The molecule has 0 aliphatic heterocycles. The molecule has 0 aromatic carbocycles. The Labute approximate surface area is 85.8 Å². The molecule has 0 atom stereocenters. The Hall–Kier alpha value is -0.490. The van der Waals surface area contributed by atoms with Gasteiger partial charge in [-0.3, -0.25) is 9.78 Å². The Morgan fingerprint density at radius 3 is 2.75 bits per heavy atom. The van der Waals surface area contributed by atoms with Crippen molar-refractivity contribution in [3.8, 4) is 0 Å². The summed E-state index contributed by atoms with van der Waals surface area (Å²) >= 11 is 6.31. The van der Waals surface area contributed by atoms with Crippen LogP contribution in [0.15, 0.2) is 15.4 Å². The van der Waals surface area contributed by atoms with Gasteiger partial charge in [-0.05, 0) is 31.9 Å². The molecule has 2 N–H and O–H groups in total. The predicted molar refractivity (Wildman–Crippen MR) is 50.3 cm³/mol. The Morgan fingerprint density at radius 2 is 2.25 bits per heavy atom. The van der Waals surface area contributed by atoms with Crippen molar-refractivity contribution >= 4 is 37.8 Å². The first-order valence-electron chi connectivity index (χ1n) is 3.05. The molecule has 1 rings (SSSR count). The third kappa shape index (κ3) is 2.53. The first-order chi connectivity index (χ1) is 5.59. The largest absolute Gasteiger partial charge is 0.369 e. The van der Waals surface area contributed by atoms with Gasteiger partial charge in [-0.15, -0.1) is 0 Å². The molecule has 0 unspecified atom stereocenters. The van der Waals surface area contributed by atoms with Crippen molar-refractivity contribution in [2.45, 2.75) is 6.42 Å². The summed E-state index contributed by atoms with van der Waals surface area (Å²) in [4.78, 5) is 18.5. The number of carbonyl (C=O) groups excluding carboxylic acids is 1. The van der Waals surface area contributed by atoms with E-state index in [4.69, 9.17) is 5.73 Å².